The summed E-state index contributed by atoms with van der Waals surface area (Å²) in [6, 6.07) is 0. The predicted molar refractivity (Wildman–Crippen MR) is 85.9 cm³/mol. The molecule has 2 heterocycles. The molecule has 1 aromatic heterocycles. The average Bonchev–Trinajstić information content (AvgIpc) is 2.78. The Morgan fingerprint density at radius 2 is 2.25 bits per heavy atom. The molecule has 0 bridgehead atoms. The van der Waals surface area contributed by atoms with Crippen molar-refractivity contribution in [3.8, 4) is 0 Å². The van der Waals surface area contributed by atoms with Gasteiger partial charge in [-0.2, -0.15) is 13.2 Å². The number of halogens is 3. The minimum atomic E-state index is -4.25. The van der Waals surface area contributed by atoms with E-state index in [-0.39, 0.29) is 5.91 Å². The van der Waals surface area contributed by atoms with E-state index in [2.05, 4.69) is 10.6 Å². The van der Waals surface area contributed by atoms with Crippen LogP contribution in [0.25, 0.3) is 5.57 Å². The number of allylic oxidation sites excluding steroid dienone is 1. The van der Waals surface area contributed by atoms with Gasteiger partial charge in [0.05, 0.1) is 12.0 Å². The van der Waals surface area contributed by atoms with Gasteiger partial charge in [0.1, 0.15) is 0 Å². The standard InChI is InChI=1S/C17H22F3N3O/c1-2-5-22-16(24)13-10-23-7-6-21-9-12-4-3-11(8-17(18,19)20)14(13)15(12)23/h4,10-11,21H,2-3,5-9H2,1H3,(H,22,24)/t11-/m0/s1. The van der Waals surface area contributed by atoms with E-state index in [9.17, 15) is 18.0 Å². The van der Waals surface area contributed by atoms with Gasteiger partial charge in [0.2, 0.25) is 0 Å². The molecule has 1 amide bonds. The molecule has 2 aliphatic rings. The molecule has 0 radical (unpaired) electrons. The van der Waals surface area contributed by atoms with E-state index in [1.165, 1.54) is 0 Å². The summed E-state index contributed by atoms with van der Waals surface area (Å²) in [6.45, 7) is 4.48. The number of nitrogens with zero attached hydrogens (tertiary/aromatic N) is 1. The Bertz CT molecular complexity index is 661. The van der Waals surface area contributed by atoms with Crippen molar-refractivity contribution in [1.29, 1.82) is 0 Å². The zero-order chi connectivity index (χ0) is 17.3. The van der Waals surface area contributed by atoms with Gasteiger partial charge in [-0.1, -0.05) is 13.0 Å². The Hall–Kier alpha value is -1.76. The molecule has 2 N–H and O–H groups in total. The quantitative estimate of drug-likeness (QED) is 0.884. The Kier molecular flexibility index (Phi) is 4.71. The fourth-order valence-corrected chi connectivity index (χ4v) is 3.58. The largest absolute Gasteiger partial charge is 0.389 e. The molecule has 1 aliphatic heterocycles. The van der Waals surface area contributed by atoms with Crippen LogP contribution in [0.2, 0.25) is 0 Å². The van der Waals surface area contributed by atoms with E-state index in [0.717, 1.165) is 24.2 Å². The summed E-state index contributed by atoms with van der Waals surface area (Å²) in [6.07, 6.45) is -0.413. The van der Waals surface area contributed by atoms with Crippen molar-refractivity contribution in [2.75, 3.05) is 19.6 Å². The number of aromatic nitrogens is 1. The summed E-state index contributed by atoms with van der Waals surface area (Å²) in [5.41, 5.74) is 2.78. The van der Waals surface area contributed by atoms with Crippen molar-refractivity contribution in [3.63, 3.8) is 0 Å². The maximum Gasteiger partial charge on any atom is 0.389 e. The second-order valence-electron chi connectivity index (χ2n) is 6.41. The van der Waals surface area contributed by atoms with Crippen LogP contribution in [0.5, 0.6) is 0 Å². The normalized spacial score (nSPS) is 20.2. The SMILES string of the molecule is CCCNC(=O)c1cn2c3c1[C@H](CC(F)(F)F)CC=C3CNCC2. The molecule has 3 rings (SSSR count). The van der Waals surface area contributed by atoms with Gasteiger partial charge in [0.15, 0.2) is 0 Å². The maximum absolute atomic E-state index is 13.0. The number of nitrogens with one attached hydrogen (secondary N) is 2. The van der Waals surface area contributed by atoms with Gasteiger partial charge in [-0.3, -0.25) is 4.79 Å². The van der Waals surface area contributed by atoms with Crippen molar-refractivity contribution in [2.45, 2.75) is 44.8 Å². The summed E-state index contributed by atoms with van der Waals surface area (Å²) in [7, 11) is 0. The van der Waals surface area contributed by atoms with Gasteiger partial charge >= 0.3 is 6.18 Å². The second-order valence-corrected chi connectivity index (χ2v) is 6.41. The van der Waals surface area contributed by atoms with Crippen molar-refractivity contribution in [2.24, 2.45) is 0 Å². The number of amides is 1. The zero-order valence-electron chi connectivity index (χ0n) is 13.7. The van der Waals surface area contributed by atoms with Gasteiger partial charge < -0.3 is 15.2 Å². The van der Waals surface area contributed by atoms with E-state index >= 15 is 0 Å². The summed E-state index contributed by atoms with van der Waals surface area (Å²) < 4.78 is 41.0. The molecule has 1 aromatic rings. The smallest absolute Gasteiger partial charge is 0.352 e. The lowest BCUT2D eigenvalue weighted by Crippen LogP contribution is -2.27. The van der Waals surface area contributed by atoms with Crippen LogP contribution in [0, 0.1) is 0 Å². The van der Waals surface area contributed by atoms with Gasteiger partial charge in [-0.05, 0) is 29.9 Å². The topological polar surface area (TPSA) is 46.1 Å². The Morgan fingerprint density at radius 1 is 1.46 bits per heavy atom. The van der Waals surface area contributed by atoms with Crippen LogP contribution < -0.4 is 10.6 Å². The summed E-state index contributed by atoms with van der Waals surface area (Å²) in [5.74, 6) is -0.959. The highest BCUT2D eigenvalue weighted by molar-refractivity contribution is 5.97. The number of carbonyl (C=O) groups is 1. The van der Waals surface area contributed by atoms with E-state index < -0.39 is 18.5 Å². The van der Waals surface area contributed by atoms with Crippen LogP contribution >= 0.6 is 0 Å². The Morgan fingerprint density at radius 3 is 2.96 bits per heavy atom. The van der Waals surface area contributed by atoms with E-state index in [0.29, 0.717) is 37.2 Å². The molecule has 4 nitrogen and oxygen atoms in total. The molecule has 0 saturated heterocycles. The first-order chi connectivity index (χ1) is 11.4. The Labute approximate surface area is 139 Å². The average molecular weight is 341 g/mol. The molecule has 0 spiro atoms. The van der Waals surface area contributed by atoms with Crippen LogP contribution in [0.3, 0.4) is 0 Å². The van der Waals surface area contributed by atoms with Crippen LogP contribution in [-0.4, -0.2) is 36.3 Å². The molecule has 0 aromatic carbocycles. The fourth-order valence-electron chi connectivity index (χ4n) is 3.58. The minimum Gasteiger partial charge on any atom is -0.352 e. The lowest BCUT2D eigenvalue weighted by Gasteiger charge is -2.25. The molecule has 0 fully saturated rings. The van der Waals surface area contributed by atoms with E-state index in [1.807, 2.05) is 17.6 Å². The molecule has 0 saturated carbocycles. The zero-order valence-corrected chi connectivity index (χ0v) is 13.7. The molecule has 24 heavy (non-hydrogen) atoms. The second kappa shape index (κ2) is 6.63. The molecular weight excluding hydrogens is 319 g/mol. The van der Waals surface area contributed by atoms with Crippen molar-refractivity contribution < 1.29 is 18.0 Å². The Balaban J connectivity index is 2.04. The van der Waals surface area contributed by atoms with Crippen LogP contribution in [0.1, 0.15) is 53.7 Å². The highest BCUT2D eigenvalue weighted by atomic mass is 19.4. The molecule has 0 unspecified atom stereocenters. The summed E-state index contributed by atoms with van der Waals surface area (Å²) in [4.78, 5) is 12.5. The first-order valence-corrected chi connectivity index (χ1v) is 8.38. The monoisotopic (exact) mass is 341 g/mol. The van der Waals surface area contributed by atoms with Crippen molar-refractivity contribution >= 4 is 11.5 Å². The summed E-state index contributed by atoms with van der Waals surface area (Å²) in [5, 5.41) is 6.08. The lowest BCUT2D eigenvalue weighted by atomic mass is 9.82. The van der Waals surface area contributed by atoms with Crippen molar-refractivity contribution in [1.82, 2.24) is 15.2 Å². The number of carbonyl (C=O) groups excluding carboxylic acids is 1. The molecule has 1 aliphatic carbocycles. The number of hydrogen-bond acceptors (Lipinski definition) is 2. The molecular formula is C17H22F3N3O. The third kappa shape index (κ3) is 3.36. The number of alkyl halides is 3. The highest BCUT2D eigenvalue weighted by Crippen LogP contribution is 2.43. The van der Waals surface area contributed by atoms with Crippen LogP contribution in [-0.2, 0) is 6.54 Å². The van der Waals surface area contributed by atoms with Crippen LogP contribution in [0.4, 0.5) is 13.2 Å². The predicted octanol–water partition coefficient (Wildman–Crippen LogP) is 3.05. The van der Waals surface area contributed by atoms with E-state index in [1.54, 1.807) is 6.20 Å². The number of hydrogen-bond donors (Lipinski definition) is 2. The first-order valence-electron chi connectivity index (χ1n) is 8.38. The molecule has 7 heteroatoms. The van der Waals surface area contributed by atoms with E-state index in [4.69, 9.17) is 0 Å². The maximum atomic E-state index is 13.0. The highest BCUT2D eigenvalue weighted by Gasteiger charge is 2.38. The first kappa shape index (κ1) is 17.1. The van der Waals surface area contributed by atoms with Crippen LogP contribution in [0.15, 0.2) is 12.3 Å². The fraction of sp³-hybridized carbons (Fsp3) is 0.588. The number of rotatable bonds is 4. The van der Waals surface area contributed by atoms with Gasteiger partial charge in [-0.25, -0.2) is 0 Å². The summed E-state index contributed by atoms with van der Waals surface area (Å²) >= 11 is 0. The molecule has 1 atom stereocenters. The third-order valence-corrected chi connectivity index (χ3v) is 4.58. The van der Waals surface area contributed by atoms with Gasteiger partial charge in [0, 0.05) is 38.1 Å². The lowest BCUT2D eigenvalue weighted by molar-refractivity contribution is -0.138. The molecule has 132 valence electrons. The van der Waals surface area contributed by atoms with Gasteiger partial charge in [0.25, 0.3) is 5.91 Å². The third-order valence-electron chi connectivity index (χ3n) is 4.58. The minimum absolute atomic E-state index is 0.270. The van der Waals surface area contributed by atoms with Gasteiger partial charge in [-0.15, -0.1) is 0 Å². The van der Waals surface area contributed by atoms with Crippen molar-refractivity contribution in [3.05, 3.63) is 29.1 Å².